The van der Waals surface area contributed by atoms with Crippen LogP contribution in [-0.2, 0) is 10.2 Å². The molecule has 5 atom stereocenters. The van der Waals surface area contributed by atoms with Gasteiger partial charge in [0.05, 0.1) is 13.2 Å². The molecule has 2 fully saturated rings. The standard InChI is InChI=1S/C18H21NO4/c1-19-8-7-18-10-4-5-11(20)17(18)23-16-12(22-2)6-3-9(13(16)18)15(21)14(10)19/h3,6,10,14-15,17,21H,4-5,7-8H2,1-2H3. The number of rotatable bonds is 1. The molecule has 5 nitrogen and oxygen atoms in total. The van der Waals surface area contributed by atoms with E-state index in [0.29, 0.717) is 17.9 Å². The molecule has 0 amide bonds. The number of piperidine rings is 1. The van der Waals surface area contributed by atoms with Crippen molar-refractivity contribution in [3.8, 4) is 11.5 Å². The molecule has 5 heteroatoms. The Morgan fingerprint density at radius 1 is 1.43 bits per heavy atom. The second-order valence-corrected chi connectivity index (χ2v) is 7.38. The predicted octanol–water partition coefficient (Wildman–Crippen LogP) is 1.42. The van der Waals surface area contributed by atoms with E-state index in [1.54, 1.807) is 7.11 Å². The number of carbonyl (C=O) groups is 1. The fraction of sp³-hybridized carbons (Fsp3) is 0.611. The predicted molar refractivity (Wildman–Crippen MR) is 82.8 cm³/mol. The zero-order valence-electron chi connectivity index (χ0n) is 13.4. The molecule has 2 aliphatic heterocycles. The van der Waals surface area contributed by atoms with Crippen molar-refractivity contribution >= 4 is 5.78 Å². The van der Waals surface area contributed by atoms with Gasteiger partial charge in [-0.25, -0.2) is 0 Å². The van der Waals surface area contributed by atoms with E-state index in [9.17, 15) is 9.90 Å². The van der Waals surface area contributed by atoms with E-state index in [4.69, 9.17) is 9.47 Å². The van der Waals surface area contributed by atoms with Crippen molar-refractivity contribution in [2.24, 2.45) is 5.92 Å². The van der Waals surface area contributed by atoms with E-state index in [1.165, 1.54) is 0 Å². The van der Waals surface area contributed by atoms with E-state index >= 15 is 0 Å². The number of methoxy groups -OCH3 is 1. The van der Waals surface area contributed by atoms with Crippen molar-refractivity contribution in [3.63, 3.8) is 0 Å². The van der Waals surface area contributed by atoms with Crippen molar-refractivity contribution in [1.29, 1.82) is 0 Å². The quantitative estimate of drug-likeness (QED) is 0.849. The number of nitrogens with zero attached hydrogens (tertiary/aromatic N) is 1. The minimum atomic E-state index is -0.534. The van der Waals surface area contributed by atoms with Crippen LogP contribution in [-0.4, -0.2) is 48.6 Å². The highest BCUT2D eigenvalue weighted by atomic mass is 16.5. The third kappa shape index (κ3) is 1.40. The molecule has 1 N–H and O–H groups in total. The van der Waals surface area contributed by atoms with E-state index in [0.717, 1.165) is 30.5 Å². The van der Waals surface area contributed by atoms with Crippen LogP contribution in [0.3, 0.4) is 0 Å². The number of aliphatic hydroxyl groups excluding tert-OH is 1. The highest BCUT2D eigenvalue weighted by Crippen LogP contribution is 2.64. The molecular formula is C18H21NO4. The lowest BCUT2D eigenvalue weighted by Gasteiger charge is -2.58. The highest BCUT2D eigenvalue weighted by Gasteiger charge is 2.67. The van der Waals surface area contributed by atoms with Gasteiger partial charge in [0, 0.05) is 23.4 Å². The molecule has 2 heterocycles. The second-order valence-electron chi connectivity index (χ2n) is 7.38. The van der Waals surface area contributed by atoms with Gasteiger partial charge in [-0.15, -0.1) is 0 Å². The van der Waals surface area contributed by atoms with E-state index in [2.05, 4.69) is 11.9 Å². The number of likely N-dealkylation sites (N-methyl/N-ethyl adjacent to an activating group) is 1. The Morgan fingerprint density at radius 2 is 2.26 bits per heavy atom. The first-order valence-corrected chi connectivity index (χ1v) is 8.38. The Labute approximate surface area is 135 Å². The molecule has 0 radical (unpaired) electrons. The largest absolute Gasteiger partial charge is 0.493 e. The number of hydrogen-bond donors (Lipinski definition) is 1. The molecule has 1 aromatic rings. The van der Waals surface area contributed by atoms with Crippen LogP contribution in [0.15, 0.2) is 12.1 Å². The molecule has 5 unspecified atom stereocenters. The van der Waals surface area contributed by atoms with Crippen molar-refractivity contribution in [3.05, 3.63) is 23.3 Å². The fourth-order valence-corrected chi connectivity index (χ4v) is 5.74. The number of ketones is 1. The molecule has 0 aromatic heterocycles. The number of aliphatic hydroxyl groups is 1. The van der Waals surface area contributed by atoms with Gasteiger partial charge in [0.25, 0.3) is 0 Å². The summed E-state index contributed by atoms with van der Waals surface area (Å²) in [6.45, 7) is 0.876. The number of likely N-dealkylation sites (tertiary alicyclic amines) is 1. The Morgan fingerprint density at radius 3 is 3.04 bits per heavy atom. The van der Waals surface area contributed by atoms with Crippen molar-refractivity contribution in [1.82, 2.24) is 4.90 Å². The maximum Gasteiger partial charge on any atom is 0.174 e. The minimum Gasteiger partial charge on any atom is -0.493 e. The molecule has 122 valence electrons. The molecule has 1 aromatic carbocycles. The second kappa shape index (κ2) is 4.28. The first-order chi connectivity index (χ1) is 11.1. The van der Waals surface area contributed by atoms with Gasteiger partial charge >= 0.3 is 0 Å². The highest BCUT2D eigenvalue weighted by molar-refractivity contribution is 5.89. The van der Waals surface area contributed by atoms with Gasteiger partial charge in [0.2, 0.25) is 0 Å². The average Bonchev–Trinajstić information content (AvgIpc) is 2.90. The number of carbonyl (C=O) groups excluding carboxylic acids is 1. The zero-order valence-corrected chi connectivity index (χ0v) is 13.4. The van der Waals surface area contributed by atoms with Gasteiger partial charge in [-0.05, 0) is 44.0 Å². The summed E-state index contributed by atoms with van der Waals surface area (Å²) in [6.07, 6.45) is 1.34. The number of hydrogen-bond acceptors (Lipinski definition) is 5. The summed E-state index contributed by atoms with van der Waals surface area (Å²) in [5, 5.41) is 11.0. The maximum absolute atomic E-state index is 12.6. The van der Waals surface area contributed by atoms with Crippen molar-refractivity contribution < 1.29 is 19.4 Å². The molecule has 1 saturated carbocycles. The van der Waals surface area contributed by atoms with Crippen molar-refractivity contribution in [2.75, 3.05) is 20.7 Å². The summed E-state index contributed by atoms with van der Waals surface area (Å²) < 4.78 is 11.7. The van der Waals surface area contributed by atoms with Crippen molar-refractivity contribution in [2.45, 2.75) is 42.9 Å². The van der Waals surface area contributed by atoms with Gasteiger partial charge in [-0.1, -0.05) is 6.07 Å². The van der Waals surface area contributed by atoms with Gasteiger partial charge < -0.3 is 19.5 Å². The summed E-state index contributed by atoms with van der Waals surface area (Å²) in [5.41, 5.74) is 1.70. The molecule has 23 heavy (non-hydrogen) atoms. The van der Waals surface area contributed by atoms with Gasteiger partial charge in [-0.2, -0.15) is 0 Å². The first kappa shape index (κ1) is 13.8. The summed E-state index contributed by atoms with van der Waals surface area (Å²) in [5.74, 6) is 1.82. The van der Waals surface area contributed by atoms with Crippen LogP contribution in [0.2, 0.25) is 0 Å². The van der Waals surface area contributed by atoms with Crippen LogP contribution in [0.4, 0.5) is 0 Å². The number of benzene rings is 1. The molecule has 1 spiro atoms. The first-order valence-electron chi connectivity index (χ1n) is 8.38. The maximum atomic E-state index is 12.6. The summed E-state index contributed by atoms with van der Waals surface area (Å²) in [4.78, 5) is 14.9. The molecule has 5 rings (SSSR count). The Balaban J connectivity index is 1.84. The number of Topliss-reactive ketones (excluding diaryl/α,β-unsaturated/α-hetero) is 1. The fourth-order valence-electron chi connectivity index (χ4n) is 5.74. The Kier molecular flexibility index (Phi) is 2.57. The van der Waals surface area contributed by atoms with Crippen LogP contribution in [0.1, 0.15) is 36.5 Å². The van der Waals surface area contributed by atoms with Gasteiger partial charge in [0.1, 0.15) is 0 Å². The Bertz CT molecular complexity index is 717. The number of ether oxygens (including phenoxy) is 2. The summed E-state index contributed by atoms with van der Waals surface area (Å²) in [7, 11) is 3.70. The molecular weight excluding hydrogens is 294 g/mol. The lowest BCUT2D eigenvalue weighted by Crippen LogP contribution is -2.66. The van der Waals surface area contributed by atoms with Crippen LogP contribution in [0.5, 0.6) is 11.5 Å². The normalized spacial score (nSPS) is 40.6. The lowest BCUT2D eigenvalue weighted by atomic mass is 9.51. The smallest absolute Gasteiger partial charge is 0.174 e. The molecule has 4 aliphatic rings. The summed E-state index contributed by atoms with van der Waals surface area (Å²) in [6, 6.07) is 3.87. The average molecular weight is 315 g/mol. The topological polar surface area (TPSA) is 59.0 Å². The minimum absolute atomic E-state index is 0.0646. The van der Waals surface area contributed by atoms with Gasteiger partial charge in [-0.3, -0.25) is 4.79 Å². The van der Waals surface area contributed by atoms with Gasteiger partial charge in [0.15, 0.2) is 23.4 Å². The third-order valence-electron chi connectivity index (χ3n) is 6.64. The molecule has 2 bridgehead atoms. The van der Waals surface area contributed by atoms with Crippen LogP contribution in [0, 0.1) is 5.92 Å². The van der Waals surface area contributed by atoms with Crippen LogP contribution < -0.4 is 9.47 Å². The van der Waals surface area contributed by atoms with E-state index < -0.39 is 12.2 Å². The summed E-state index contributed by atoms with van der Waals surface area (Å²) >= 11 is 0. The zero-order chi connectivity index (χ0) is 15.9. The van der Waals surface area contributed by atoms with Crippen LogP contribution in [0.25, 0.3) is 0 Å². The molecule has 2 aliphatic carbocycles. The monoisotopic (exact) mass is 315 g/mol. The lowest BCUT2D eigenvalue weighted by molar-refractivity contribution is -0.143. The van der Waals surface area contributed by atoms with E-state index in [1.807, 2.05) is 12.1 Å². The van der Waals surface area contributed by atoms with Crippen LogP contribution >= 0.6 is 0 Å². The van der Waals surface area contributed by atoms with E-state index in [-0.39, 0.29) is 23.2 Å². The Hall–Kier alpha value is -1.59. The third-order valence-corrected chi connectivity index (χ3v) is 6.64. The SMILES string of the molecule is COc1ccc2c3c1OC1C(=O)CCC4C(C2O)N(C)CCC314. The molecule has 1 saturated heterocycles.